The molecule has 7 heteroatoms. The zero-order chi connectivity index (χ0) is 19.8. The number of ether oxygens (including phenoxy) is 3. The molecule has 0 aliphatic rings. The standard InChI is InChI=1S/C21H29N3O3.HI/c1-14(2)16-7-6-8-17(13-16)24-21(22)23-12-11-15-9-10-18(25-3)20(27-5)19(15)26-4;/h6-10,13-14H,11-12H2,1-5H3,(H3,22,23,24);1H. The molecule has 28 heavy (non-hydrogen) atoms. The molecule has 0 atom stereocenters. The topological polar surface area (TPSA) is 78.1 Å². The molecule has 0 saturated carbocycles. The lowest BCUT2D eigenvalue weighted by molar-refractivity contribution is 0.322. The molecule has 0 radical (unpaired) electrons. The molecule has 3 N–H and O–H groups in total. The molecule has 0 amide bonds. The van der Waals surface area contributed by atoms with Crippen LogP contribution in [0.25, 0.3) is 0 Å². The van der Waals surface area contributed by atoms with Gasteiger partial charge in [0.25, 0.3) is 0 Å². The van der Waals surface area contributed by atoms with Gasteiger partial charge in [0.05, 0.1) is 21.3 Å². The van der Waals surface area contributed by atoms with E-state index < -0.39 is 0 Å². The largest absolute Gasteiger partial charge is 0.493 e. The van der Waals surface area contributed by atoms with E-state index in [2.05, 4.69) is 36.3 Å². The summed E-state index contributed by atoms with van der Waals surface area (Å²) >= 11 is 0. The third-order valence-corrected chi connectivity index (χ3v) is 4.27. The van der Waals surface area contributed by atoms with Gasteiger partial charge >= 0.3 is 0 Å². The van der Waals surface area contributed by atoms with Crippen LogP contribution < -0.4 is 25.3 Å². The number of rotatable bonds is 8. The van der Waals surface area contributed by atoms with E-state index in [1.54, 1.807) is 21.3 Å². The Morgan fingerprint density at radius 1 is 1.04 bits per heavy atom. The number of nitrogens with one attached hydrogen (secondary N) is 1. The molecule has 0 spiro atoms. The zero-order valence-corrected chi connectivity index (χ0v) is 19.4. The maximum absolute atomic E-state index is 6.03. The first kappa shape index (κ1) is 23.9. The molecule has 2 rings (SSSR count). The molecule has 0 aromatic heterocycles. The van der Waals surface area contributed by atoms with Crippen LogP contribution in [0, 0.1) is 0 Å². The van der Waals surface area contributed by atoms with Crippen molar-refractivity contribution in [2.75, 3.05) is 33.2 Å². The maximum atomic E-state index is 6.03. The molecule has 6 nitrogen and oxygen atoms in total. The van der Waals surface area contributed by atoms with Gasteiger partial charge in [0.15, 0.2) is 17.5 Å². The molecule has 0 bridgehead atoms. The van der Waals surface area contributed by atoms with Gasteiger partial charge in [-0.05, 0) is 36.1 Å². The highest BCUT2D eigenvalue weighted by Crippen LogP contribution is 2.39. The first-order valence-electron chi connectivity index (χ1n) is 8.94. The van der Waals surface area contributed by atoms with Crippen molar-refractivity contribution in [2.45, 2.75) is 26.2 Å². The molecule has 0 aliphatic heterocycles. The molecule has 0 fully saturated rings. The van der Waals surface area contributed by atoms with Crippen LogP contribution in [-0.4, -0.2) is 33.8 Å². The number of nitrogens with two attached hydrogens (primary N) is 1. The van der Waals surface area contributed by atoms with E-state index >= 15 is 0 Å². The van der Waals surface area contributed by atoms with Crippen molar-refractivity contribution in [3.8, 4) is 17.2 Å². The highest BCUT2D eigenvalue weighted by Gasteiger charge is 2.15. The number of anilines is 1. The average Bonchev–Trinajstić information content (AvgIpc) is 2.67. The summed E-state index contributed by atoms with van der Waals surface area (Å²) < 4.78 is 16.2. The van der Waals surface area contributed by atoms with Crippen LogP contribution in [0.2, 0.25) is 0 Å². The van der Waals surface area contributed by atoms with E-state index in [-0.39, 0.29) is 24.0 Å². The fraction of sp³-hybridized carbons (Fsp3) is 0.381. The van der Waals surface area contributed by atoms with E-state index in [0.717, 1.165) is 11.3 Å². The van der Waals surface area contributed by atoms with Gasteiger partial charge in [-0.2, -0.15) is 0 Å². The van der Waals surface area contributed by atoms with E-state index in [0.29, 0.717) is 42.1 Å². The predicted octanol–water partition coefficient (Wildman–Crippen LogP) is 4.42. The van der Waals surface area contributed by atoms with Gasteiger partial charge in [-0.3, -0.25) is 4.99 Å². The lowest BCUT2D eigenvalue weighted by atomic mass is 10.0. The minimum absolute atomic E-state index is 0. The van der Waals surface area contributed by atoms with Crippen molar-refractivity contribution >= 4 is 35.6 Å². The maximum Gasteiger partial charge on any atom is 0.203 e. The van der Waals surface area contributed by atoms with Gasteiger partial charge in [0, 0.05) is 17.8 Å². The predicted molar refractivity (Wildman–Crippen MR) is 126 cm³/mol. The minimum Gasteiger partial charge on any atom is -0.493 e. The number of hydrogen-bond acceptors (Lipinski definition) is 4. The molecule has 0 aliphatic carbocycles. The van der Waals surface area contributed by atoms with Gasteiger partial charge in [0.2, 0.25) is 5.75 Å². The van der Waals surface area contributed by atoms with Crippen LogP contribution in [0.1, 0.15) is 30.9 Å². The Kier molecular flexibility index (Phi) is 9.92. The second-order valence-electron chi connectivity index (χ2n) is 6.42. The van der Waals surface area contributed by atoms with Crippen molar-refractivity contribution in [1.82, 2.24) is 0 Å². The lowest BCUT2D eigenvalue weighted by Crippen LogP contribution is -2.23. The molecule has 154 valence electrons. The van der Waals surface area contributed by atoms with Crippen molar-refractivity contribution < 1.29 is 14.2 Å². The SMILES string of the molecule is COc1ccc(CCN=C(N)Nc2cccc(C(C)C)c2)c(OC)c1OC.I. The normalized spacial score (nSPS) is 11.0. The van der Waals surface area contributed by atoms with Crippen LogP contribution in [0.15, 0.2) is 41.4 Å². The molecule has 0 heterocycles. The Morgan fingerprint density at radius 2 is 1.75 bits per heavy atom. The number of guanidine groups is 1. The van der Waals surface area contributed by atoms with E-state index in [9.17, 15) is 0 Å². The van der Waals surface area contributed by atoms with E-state index in [1.807, 2.05) is 24.3 Å². The van der Waals surface area contributed by atoms with Crippen molar-refractivity contribution in [1.29, 1.82) is 0 Å². The summed E-state index contributed by atoms with van der Waals surface area (Å²) in [5.74, 6) is 2.71. The Morgan fingerprint density at radius 3 is 2.36 bits per heavy atom. The van der Waals surface area contributed by atoms with Gasteiger partial charge in [-0.15, -0.1) is 24.0 Å². The fourth-order valence-corrected chi connectivity index (χ4v) is 2.82. The van der Waals surface area contributed by atoms with Gasteiger partial charge in [-0.25, -0.2) is 0 Å². The lowest BCUT2D eigenvalue weighted by Gasteiger charge is -2.15. The Labute approximate surface area is 184 Å². The molecule has 0 saturated heterocycles. The molecular weight excluding hydrogens is 469 g/mol. The van der Waals surface area contributed by atoms with E-state index in [4.69, 9.17) is 19.9 Å². The number of nitrogens with zero attached hydrogens (tertiary/aromatic N) is 1. The highest BCUT2D eigenvalue weighted by molar-refractivity contribution is 14.0. The molecular formula is C21H30IN3O3. The summed E-state index contributed by atoms with van der Waals surface area (Å²) in [6, 6.07) is 12.0. The monoisotopic (exact) mass is 499 g/mol. The Hall–Kier alpha value is -2.16. The summed E-state index contributed by atoms with van der Waals surface area (Å²) in [4.78, 5) is 4.42. The second kappa shape index (κ2) is 11.6. The summed E-state index contributed by atoms with van der Waals surface area (Å²) in [6.45, 7) is 4.84. The first-order chi connectivity index (χ1) is 13.0. The van der Waals surface area contributed by atoms with E-state index in [1.165, 1.54) is 5.56 Å². The third-order valence-electron chi connectivity index (χ3n) is 4.27. The van der Waals surface area contributed by atoms with Crippen molar-refractivity contribution in [3.05, 3.63) is 47.5 Å². The van der Waals surface area contributed by atoms with Gasteiger partial charge in [-0.1, -0.05) is 32.0 Å². The van der Waals surface area contributed by atoms with Crippen LogP contribution in [0.5, 0.6) is 17.2 Å². The summed E-state index contributed by atoms with van der Waals surface area (Å²) in [7, 11) is 4.80. The number of aliphatic imine (C=N–C) groups is 1. The third kappa shape index (κ3) is 6.19. The molecule has 2 aromatic rings. The molecule has 0 unspecified atom stereocenters. The average molecular weight is 499 g/mol. The molecule has 2 aromatic carbocycles. The van der Waals surface area contributed by atoms with Crippen LogP contribution in [0.3, 0.4) is 0 Å². The fourth-order valence-electron chi connectivity index (χ4n) is 2.82. The van der Waals surface area contributed by atoms with Crippen LogP contribution in [0.4, 0.5) is 5.69 Å². The quantitative estimate of drug-likeness (QED) is 0.320. The summed E-state index contributed by atoms with van der Waals surface area (Å²) in [5, 5.41) is 3.14. The number of hydrogen-bond donors (Lipinski definition) is 2. The Bertz CT molecular complexity index is 794. The first-order valence-corrected chi connectivity index (χ1v) is 8.94. The van der Waals surface area contributed by atoms with Crippen LogP contribution >= 0.6 is 24.0 Å². The highest BCUT2D eigenvalue weighted by atomic mass is 127. The smallest absolute Gasteiger partial charge is 0.203 e. The number of halogens is 1. The zero-order valence-electron chi connectivity index (χ0n) is 17.1. The Balaban J connectivity index is 0.00000392. The number of methoxy groups -OCH3 is 3. The summed E-state index contributed by atoms with van der Waals surface area (Å²) in [6.07, 6.45) is 0.665. The number of benzene rings is 2. The van der Waals surface area contributed by atoms with Crippen LogP contribution in [-0.2, 0) is 6.42 Å². The minimum atomic E-state index is 0. The second-order valence-corrected chi connectivity index (χ2v) is 6.42. The van der Waals surface area contributed by atoms with Gasteiger partial charge in [0.1, 0.15) is 0 Å². The van der Waals surface area contributed by atoms with Crippen molar-refractivity contribution in [2.24, 2.45) is 10.7 Å². The van der Waals surface area contributed by atoms with Crippen molar-refractivity contribution in [3.63, 3.8) is 0 Å². The van der Waals surface area contributed by atoms with Gasteiger partial charge < -0.3 is 25.3 Å². The summed E-state index contributed by atoms with van der Waals surface area (Å²) in [5.41, 5.74) is 9.20.